The lowest BCUT2D eigenvalue weighted by molar-refractivity contribution is -0.311. The molecule has 11 nitrogen and oxygen atoms in total. The minimum Gasteiger partial charge on any atom is -0.508 e. The Kier molecular flexibility index (Phi) is 6.55. The van der Waals surface area contributed by atoms with E-state index in [-0.39, 0.29) is 22.8 Å². The van der Waals surface area contributed by atoms with Gasteiger partial charge in [-0.2, -0.15) is 0 Å². The van der Waals surface area contributed by atoms with E-state index in [1.807, 2.05) is 13.8 Å². The molecule has 0 radical (unpaired) electrons. The molecule has 6 N–H and O–H groups in total. The van der Waals surface area contributed by atoms with E-state index in [0.29, 0.717) is 29.7 Å². The summed E-state index contributed by atoms with van der Waals surface area (Å²) >= 11 is 0. The number of aliphatic hydroxyl groups excluding tert-OH is 4. The largest absolute Gasteiger partial charge is 0.508 e. The molecule has 11 heteroatoms. The molecule has 200 valence electrons. The summed E-state index contributed by atoms with van der Waals surface area (Å²) < 4.78 is 23.6. The summed E-state index contributed by atoms with van der Waals surface area (Å²) in [6, 6.07) is 7.26. The Balaban J connectivity index is 1.57. The number of aromatic hydroxyl groups is 2. The van der Waals surface area contributed by atoms with Crippen molar-refractivity contribution in [1.29, 1.82) is 0 Å². The van der Waals surface area contributed by atoms with Gasteiger partial charge >= 0.3 is 0 Å². The maximum atomic E-state index is 13.8. The number of hydrogen-bond acceptors (Lipinski definition) is 11. The van der Waals surface area contributed by atoms with Gasteiger partial charge in [0.2, 0.25) is 5.78 Å². The van der Waals surface area contributed by atoms with Crippen LogP contribution in [0.25, 0.3) is 0 Å². The summed E-state index contributed by atoms with van der Waals surface area (Å²) in [6.07, 6.45) is -9.33. The van der Waals surface area contributed by atoms with Crippen LogP contribution in [-0.2, 0) is 15.9 Å². The van der Waals surface area contributed by atoms with Crippen molar-refractivity contribution in [3.8, 4) is 23.0 Å². The number of fused-ring (bicyclic) bond motifs is 3. The van der Waals surface area contributed by atoms with E-state index in [4.69, 9.17) is 18.9 Å². The molecular formula is C26H30O11. The molecule has 0 saturated carbocycles. The zero-order chi connectivity index (χ0) is 26.6. The van der Waals surface area contributed by atoms with Crippen molar-refractivity contribution in [2.24, 2.45) is 0 Å². The lowest BCUT2D eigenvalue weighted by Crippen LogP contribution is -2.60. The van der Waals surface area contributed by atoms with Gasteiger partial charge in [-0.05, 0) is 44.4 Å². The van der Waals surface area contributed by atoms with Crippen molar-refractivity contribution in [1.82, 2.24) is 0 Å². The Morgan fingerprint density at radius 1 is 1.05 bits per heavy atom. The van der Waals surface area contributed by atoms with E-state index in [1.165, 1.54) is 30.3 Å². The molecule has 7 atom stereocenters. The summed E-state index contributed by atoms with van der Waals surface area (Å²) in [5.74, 6) is -0.493. The Bertz CT molecular complexity index is 1180. The third-order valence-corrected chi connectivity index (χ3v) is 7.06. The summed E-state index contributed by atoms with van der Waals surface area (Å²) in [4.78, 5) is 13.8. The number of Topliss-reactive ketones (excluding diaryl/α,β-unsaturated/α-hetero) is 1. The highest BCUT2D eigenvalue weighted by Gasteiger charge is 2.50. The Morgan fingerprint density at radius 2 is 1.76 bits per heavy atom. The molecule has 2 unspecified atom stereocenters. The third kappa shape index (κ3) is 4.52. The Morgan fingerprint density at radius 3 is 2.43 bits per heavy atom. The van der Waals surface area contributed by atoms with Gasteiger partial charge < -0.3 is 49.6 Å². The lowest BCUT2D eigenvalue weighted by atomic mass is 9.87. The molecule has 3 aliphatic heterocycles. The van der Waals surface area contributed by atoms with Gasteiger partial charge in [0.25, 0.3) is 0 Å². The second-order valence-corrected chi connectivity index (χ2v) is 10.2. The SMILES string of the molecule is CC1(C)CCc2c(cc(O)c3c2OC(c2ccc(O)cc2)C(O[C@@H]2O[C@H](CO)[C@@H](O)[C@H](O)[C@H]2O)C3=O)O1. The first-order chi connectivity index (χ1) is 17.5. The van der Waals surface area contributed by atoms with Gasteiger partial charge in [-0.15, -0.1) is 0 Å². The van der Waals surface area contributed by atoms with Gasteiger partial charge in [-0.1, -0.05) is 12.1 Å². The summed E-state index contributed by atoms with van der Waals surface area (Å²) in [6.45, 7) is 3.16. The molecule has 0 amide bonds. The zero-order valence-corrected chi connectivity index (χ0v) is 20.3. The highest BCUT2D eigenvalue weighted by molar-refractivity contribution is 6.06. The number of hydrogen-bond donors (Lipinski definition) is 6. The van der Waals surface area contributed by atoms with Crippen LogP contribution in [0.3, 0.4) is 0 Å². The maximum absolute atomic E-state index is 13.8. The number of rotatable bonds is 4. The normalized spacial score (nSPS) is 32.6. The van der Waals surface area contributed by atoms with Crippen LogP contribution in [0.15, 0.2) is 30.3 Å². The van der Waals surface area contributed by atoms with Gasteiger partial charge in [0.05, 0.1) is 6.61 Å². The molecule has 0 spiro atoms. The van der Waals surface area contributed by atoms with Crippen LogP contribution in [0.4, 0.5) is 0 Å². The van der Waals surface area contributed by atoms with E-state index >= 15 is 0 Å². The fraction of sp³-hybridized carbons (Fsp3) is 0.500. The zero-order valence-electron chi connectivity index (χ0n) is 20.3. The minimum absolute atomic E-state index is 0.0108. The van der Waals surface area contributed by atoms with E-state index in [1.54, 1.807) is 0 Å². The van der Waals surface area contributed by atoms with E-state index in [2.05, 4.69) is 0 Å². The highest BCUT2D eigenvalue weighted by atomic mass is 16.7. The second kappa shape index (κ2) is 9.43. The van der Waals surface area contributed by atoms with Crippen LogP contribution in [0.1, 0.15) is 47.9 Å². The molecule has 0 bridgehead atoms. The van der Waals surface area contributed by atoms with Crippen LogP contribution in [0, 0.1) is 0 Å². The molecule has 3 heterocycles. The van der Waals surface area contributed by atoms with Crippen molar-refractivity contribution in [3.05, 3.63) is 47.0 Å². The average Bonchev–Trinajstić information content (AvgIpc) is 2.85. The van der Waals surface area contributed by atoms with Gasteiger partial charge in [-0.3, -0.25) is 4.79 Å². The third-order valence-electron chi connectivity index (χ3n) is 7.06. The van der Waals surface area contributed by atoms with Crippen LogP contribution < -0.4 is 9.47 Å². The fourth-order valence-corrected chi connectivity index (χ4v) is 4.97. The van der Waals surface area contributed by atoms with E-state index in [0.717, 1.165) is 0 Å². The van der Waals surface area contributed by atoms with Gasteiger partial charge in [0.15, 0.2) is 18.5 Å². The summed E-state index contributed by atoms with van der Waals surface area (Å²) in [5, 5.41) is 60.9. The molecule has 1 saturated heterocycles. The van der Waals surface area contributed by atoms with Crippen molar-refractivity contribution in [2.75, 3.05) is 6.61 Å². The minimum atomic E-state index is -1.75. The quantitative estimate of drug-likeness (QED) is 0.336. The fourth-order valence-electron chi connectivity index (χ4n) is 4.97. The monoisotopic (exact) mass is 518 g/mol. The summed E-state index contributed by atoms with van der Waals surface area (Å²) in [7, 11) is 0. The summed E-state index contributed by atoms with van der Waals surface area (Å²) in [5.41, 5.74) is 0.472. The van der Waals surface area contributed by atoms with Gasteiger partial charge in [0, 0.05) is 11.6 Å². The molecule has 3 aliphatic rings. The van der Waals surface area contributed by atoms with E-state index in [9.17, 15) is 35.4 Å². The molecule has 1 fully saturated rings. The van der Waals surface area contributed by atoms with Crippen LogP contribution in [0.2, 0.25) is 0 Å². The molecule has 37 heavy (non-hydrogen) atoms. The number of ether oxygens (including phenoxy) is 4. The first-order valence-corrected chi connectivity index (χ1v) is 12.0. The maximum Gasteiger partial charge on any atom is 0.203 e. The number of carbonyl (C=O) groups excluding carboxylic acids is 1. The number of benzene rings is 2. The smallest absolute Gasteiger partial charge is 0.203 e. The molecule has 0 aromatic heterocycles. The van der Waals surface area contributed by atoms with Gasteiger partial charge in [0.1, 0.15) is 58.6 Å². The van der Waals surface area contributed by atoms with Crippen LogP contribution >= 0.6 is 0 Å². The molecular weight excluding hydrogens is 488 g/mol. The lowest BCUT2D eigenvalue weighted by Gasteiger charge is -2.43. The van der Waals surface area contributed by atoms with Crippen molar-refractivity contribution in [2.45, 2.75) is 75.2 Å². The second-order valence-electron chi connectivity index (χ2n) is 10.2. The topological polar surface area (TPSA) is 175 Å². The molecule has 5 rings (SSSR count). The van der Waals surface area contributed by atoms with Crippen LogP contribution in [0.5, 0.6) is 23.0 Å². The van der Waals surface area contributed by atoms with Crippen molar-refractivity contribution in [3.63, 3.8) is 0 Å². The molecule has 0 aliphatic carbocycles. The standard InChI is InChI=1S/C26H30O11/c1-26(2)8-7-13-15(37-26)9-14(29)17-19(31)24(22(35-23(13)17)11-3-5-12(28)6-4-11)36-25-21(33)20(32)18(30)16(10-27)34-25/h3-6,9,16,18,20-22,24-25,27-30,32-33H,7-8,10H2,1-2H3/t16-,18-,20+,21-,22?,24?,25+/m1/s1. The van der Waals surface area contributed by atoms with Crippen molar-refractivity contribution < 1.29 is 54.4 Å². The number of phenols is 2. The predicted molar refractivity (Wildman–Crippen MR) is 126 cm³/mol. The number of phenolic OH excluding ortho intramolecular Hbond substituents is 2. The Labute approximate surface area is 212 Å². The number of carbonyl (C=O) groups is 1. The van der Waals surface area contributed by atoms with E-state index < -0.39 is 60.9 Å². The first kappa shape index (κ1) is 25.7. The van der Waals surface area contributed by atoms with Crippen molar-refractivity contribution >= 4 is 5.78 Å². The molecule has 2 aromatic rings. The predicted octanol–water partition coefficient (Wildman–Crippen LogP) is 0.703. The van der Waals surface area contributed by atoms with Crippen LogP contribution in [-0.4, -0.2) is 85.4 Å². The Hall–Kier alpha value is -2.93. The number of aliphatic hydroxyl groups is 4. The number of ketones is 1. The average molecular weight is 519 g/mol. The highest BCUT2D eigenvalue weighted by Crippen LogP contribution is 2.49. The molecule has 2 aromatic carbocycles. The van der Waals surface area contributed by atoms with Gasteiger partial charge in [-0.25, -0.2) is 0 Å². The first-order valence-electron chi connectivity index (χ1n) is 12.0.